The van der Waals surface area contributed by atoms with E-state index < -0.39 is 12.0 Å². The molecule has 6 nitrogen and oxygen atoms in total. The summed E-state index contributed by atoms with van der Waals surface area (Å²) in [6.45, 7) is 3.77. The summed E-state index contributed by atoms with van der Waals surface area (Å²) in [4.78, 5) is 31.6. The molecular weight excluding hydrogens is 492 g/mol. The number of benzene rings is 2. The molecule has 0 amide bonds. The Morgan fingerprint density at radius 2 is 2.00 bits per heavy atom. The maximum atomic E-state index is 13.6. The normalized spacial score (nSPS) is 15.9. The van der Waals surface area contributed by atoms with Gasteiger partial charge in [0, 0.05) is 10.0 Å². The molecule has 3 aromatic rings. The van der Waals surface area contributed by atoms with Gasteiger partial charge in [-0.1, -0.05) is 57.6 Å². The molecule has 8 heteroatoms. The molecule has 0 radical (unpaired) electrons. The first kappa shape index (κ1) is 22.2. The Hall–Kier alpha value is -2.97. The van der Waals surface area contributed by atoms with Crippen LogP contribution < -0.4 is 19.6 Å². The summed E-state index contributed by atoms with van der Waals surface area (Å²) in [5.41, 5.74) is 2.28. The lowest BCUT2D eigenvalue weighted by atomic mass is 9.96. The van der Waals surface area contributed by atoms with E-state index in [1.54, 1.807) is 31.6 Å². The third kappa shape index (κ3) is 4.08. The third-order valence-corrected chi connectivity index (χ3v) is 6.59. The van der Waals surface area contributed by atoms with Crippen LogP contribution in [0.2, 0.25) is 0 Å². The monoisotopic (exact) mass is 512 g/mol. The number of thiazole rings is 1. The number of carbonyl (C=O) groups is 1. The fraction of sp³-hybridized carbons (Fsp3) is 0.208. The van der Waals surface area contributed by atoms with Crippen molar-refractivity contribution in [2.24, 2.45) is 4.99 Å². The second-order valence-electron chi connectivity index (χ2n) is 7.10. The first-order valence-electron chi connectivity index (χ1n) is 10.0. The number of hydrogen-bond donors (Lipinski definition) is 0. The number of methoxy groups -OCH3 is 1. The summed E-state index contributed by atoms with van der Waals surface area (Å²) in [7, 11) is 1.59. The van der Waals surface area contributed by atoms with Gasteiger partial charge >= 0.3 is 5.97 Å². The minimum absolute atomic E-state index is 0.223. The lowest BCUT2D eigenvalue weighted by Crippen LogP contribution is -2.39. The van der Waals surface area contributed by atoms with E-state index in [0.29, 0.717) is 26.4 Å². The van der Waals surface area contributed by atoms with E-state index in [-0.39, 0.29) is 12.2 Å². The molecule has 164 valence electrons. The second kappa shape index (κ2) is 9.26. The Labute approximate surface area is 197 Å². The Balaban J connectivity index is 1.97. The molecule has 2 aromatic carbocycles. The van der Waals surface area contributed by atoms with Crippen LogP contribution >= 0.6 is 27.3 Å². The van der Waals surface area contributed by atoms with Crippen molar-refractivity contribution in [3.8, 4) is 5.75 Å². The standard InChI is InChI=1S/C24H21BrN2O4S/c1-4-31-23(29)20-14(2)26-24-27(21(20)15-8-6-5-7-9-15)22(28)19(32-24)13-16-12-17(25)10-11-18(16)30-3/h5-13,21H,4H2,1-3H3/b19-13+. The molecule has 1 atom stereocenters. The Bertz CT molecular complexity index is 1390. The van der Waals surface area contributed by atoms with Crippen molar-refractivity contribution in [1.82, 2.24) is 4.57 Å². The third-order valence-electron chi connectivity index (χ3n) is 5.11. The van der Waals surface area contributed by atoms with Gasteiger partial charge in [0.2, 0.25) is 0 Å². The highest BCUT2D eigenvalue weighted by Crippen LogP contribution is 2.30. The summed E-state index contributed by atoms with van der Waals surface area (Å²) < 4.78 is 13.7. The molecule has 1 unspecified atom stereocenters. The minimum atomic E-state index is -0.613. The van der Waals surface area contributed by atoms with Crippen LogP contribution in [0.5, 0.6) is 5.75 Å². The molecule has 0 spiro atoms. The van der Waals surface area contributed by atoms with Crippen LogP contribution in [0, 0.1) is 0 Å². The van der Waals surface area contributed by atoms with Gasteiger partial charge in [0.1, 0.15) is 5.75 Å². The molecule has 0 fully saturated rings. The van der Waals surface area contributed by atoms with Crippen LogP contribution in [0.4, 0.5) is 0 Å². The molecule has 0 saturated heterocycles. The van der Waals surface area contributed by atoms with Crippen molar-refractivity contribution >= 4 is 39.3 Å². The van der Waals surface area contributed by atoms with Gasteiger partial charge in [-0.2, -0.15) is 0 Å². The van der Waals surface area contributed by atoms with Crippen LogP contribution in [0.15, 0.2) is 74.1 Å². The van der Waals surface area contributed by atoms with Gasteiger partial charge in [0.25, 0.3) is 5.56 Å². The minimum Gasteiger partial charge on any atom is -0.496 e. The molecule has 0 saturated carbocycles. The summed E-state index contributed by atoms with van der Waals surface area (Å²) >= 11 is 4.75. The highest BCUT2D eigenvalue weighted by molar-refractivity contribution is 9.10. The van der Waals surface area contributed by atoms with Crippen molar-refractivity contribution in [3.63, 3.8) is 0 Å². The average Bonchev–Trinajstić information content (AvgIpc) is 3.08. The first-order chi connectivity index (χ1) is 15.4. The van der Waals surface area contributed by atoms with Crippen LogP contribution in [0.1, 0.15) is 31.0 Å². The number of nitrogens with zero attached hydrogens (tertiary/aromatic N) is 2. The molecule has 32 heavy (non-hydrogen) atoms. The van der Waals surface area contributed by atoms with Crippen molar-refractivity contribution in [1.29, 1.82) is 0 Å². The molecule has 0 aliphatic carbocycles. The van der Waals surface area contributed by atoms with Gasteiger partial charge in [0.05, 0.1) is 35.6 Å². The summed E-state index contributed by atoms with van der Waals surface area (Å²) in [6, 6.07) is 14.5. The molecule has 0 bridgehead atoms. The van der Waals surface area contributed by atoms with Crippen molar-refractivity contribution in [2.75, 3.05) is 13.7 Å². The van der Waals surface area contributed by atoms with Crippen molar-refractivity contribution < 1.29 is 14.3 Å². The number of rotatable bonds is 5. The van der Waals surface area contributed by atoms with E-state index in [9.17, 15) is 9.59 Å². The number of fused-ring (bicyclic) bond motifs is 1. The molecule has 1 aliphatic heterocycles. The molecule has 2 heterocycles. The van der Waals surface area contributed by atoms with Gasteiger partial charge in [-0.05, 0) is 43.7 Å². The van der Waals surface area contributed by atoms with Gasteiger partial charge in [-0.15, -0.1) is 0 Å². The maximum absolute atomic E-state index is 13.6. The fourth-order valence-corrected chi connectivity index (χ4v) is 5.12. The Morgan fingerprint density at radius 1 is 1.25 bits per heavy atom. The maximum Gasteiger partial charge on any atom is 0.338 e. The number of ether oxygens (including phenoxy) is 2. The highest BCUT2D eigenvalue weighted by atomic mass is 79.9. The average molecular weight is 513 g/mol. The number of hydrogen-bond acceptors (Lipinski definition) is 6. The van der Waals surface area contributed by atoms with Gasteiger partial charge in [-0.3, -0.25) is 9.36 Å². The van der Waals surface area contributed by atoms with Crippen LogP contribution in [-0.2, 0) is 9.53 Å². The van der Waals surface area contributed by atoms with Gasteiger partial charge < -0.3 is 9.47 Å². The van der Waals surface area contributed by atoms with Crippen LogP contribution in [-0.4, -0.2) is 24.3 Å². The zero-order valence-corrected chi connectivity index (χ0v) is 20.2. The molecule has 0 N–H and O–H groups in total. The van der Waals surface area contributed by atoms with E-state index in [0.717, 1.165) is 15.6 Å². The van der Waals surface area contributed by atoms with Gasteiger partial charge in [0.15, 0.2) is 4.80 Å². The van der Waals surface area contributed by atoms with E-state index >= 15 is 0 Å². The number of allylic oxidation sites excluding steroid dienone is 1. The SMILES string of the molecule is CCOC(=O)C1=C(C)N=c2s/c(=C/c3cc(Br)ccc3OC)c(=O)n2C1c1ccccc1. The largest absolute Gasteiger partial charge is 0.496 e. The van der Waals surface area contributed by atoms with Crippen molar-refractivity contribution in [2.45, 2.75) is 19.9 Å². The lowest BCUT2D eigenvalue weighted by molar-refractivity contribution is -0.139. The molecular formula is C24H21BrN2O4S. The topological polar surface area (TPSA) is 69.9 Å². The number of esters is 1. The van der Waals surface area contributed by atoms with E-state index in [2.05, 4.69) is 20.9 Å². The zero-order chi connectivity index (χ0) is 22.8. The van der Waals surface area contributed by atoms with E-state index in [1.807, 2.05) is 48.5 Å². The lowest BCUT2D eigenvalue weighted by Gasteiger charge is -2.24. The van der Waals surface area contributed by atoms with Crippen LogP contribution in [0.25, 0.3) is 6.08 Å². The fourth-order valence-electron chi connectivity index (χ4n) is 3.70. The van der Waals surface area contributed by atoms with Crippen molar-refractivity contribution in [3.05, 3.63) is 95.1 Å². The van der Waals surface area contributed by atoms with Gasteiger partial charge in [-0.25, -0.2) is 9.79 Å². The Kier molecular flexibility index (Phi) is 6.43. The van der Waals surface area contributed by atoms with Crippen LogP contribution in [0.3, 0.4) is 0 Å². The molecule has 1 aliphatic rings. The molecule has 4 rings (SSSR count). The first-order valence-corrected chi connectivity index (χ1v) is 11.6. The predicted molar refractivity (Wildman–Crippen MR) is 128 cm³/mol. The smallest absolute Gasteiger partial charge is 0.338 e. The predicted octanol–water partition coefficient (Wildman–Crippen LogP) is 3.57. The molecule has 1 aromatic heterocycles. The number of halogens is 1. The Morgan fingerprint density at radius 3 is 2.69 bits per heavy atom. The zero-order valence-electron chi connectivity index (χ0n) is 17.8. The summed E-state index contributed by atoms with van der Waals surface area (Å²) in [6.07, 6.45) is 1.79. The summed E-state index contributed by atoms with van der Waals surface area (Å²) in [5, 5.41) is 0. The second-order valence-corrected chi connectivity index (χ2v) is 9.02. The summed E-state index contributed by atoms with van der Waals surface area (Å²) in [5.74, 6) is 0.188. The van der Waals surface area contributed by atoms with E-state index in [1.165, 1.54) is 11.3 Å². The quantitative estimate of drug-likeness (QED) is 0.490. The number of aromatic nitrogens is 1. The number of carbonyl (C=O) groups excluding carboxylic acids is 1. The van der Waals surface area contributed by atoms with E-state index in [4.69, 9.17) is 9.47 Å². The highest BCUT2D eigenvalue weighted by Gasteiger charge is 2.33.